The summed E-state index contributed by atoms with van der Waals surface area (Å²) in [5.41, 5.74) is 1.93. The first-order chi connectivity index (χ1) is 14.2. The third-order valence-electron chi connectivity index (χ3n) is 5.72. The van der Waals surface area contributed by atoms with Crippen LogP contribution in [-0.2, 0) is 9.47 Å². The fourth-order valence-corrected chi connectivity index (χ4v) is 4.51. The molecule has 2 aromatic carbocycles. The average molecular weight is 459 g/mol. The third kappa shape index (κ3) is 4.95. The summed E-state index contributed by atoms with van der Waals surface area (Å²) in [6.07, 6.45) is 0. The van der Waals surface area contributed by atoms with E-state index < -0.39 is 0 Å². The van der Waals surface area contributed by atoms with Crippen molar-refractivity contribution in [3.63, 3.8) is 0 Å². The summed E-state index contributed by atoms with van der Waals surface area (Å²) in [5.74, 6) is 0.166. The van der Waals surface area contributed by atoms with E-state index in [1.807, 2.05) is 30.3 Å². The van der Waals surface area contributed by atoms with Gasteiger partial charge in [0.05, 0.1) is 38.5 Å². The van der Waals surface area contributed by atoms with Gasteiger partial charge in [0, 0.05) is 36.2 Å². The summed E-state index contributed by atoms with van der Waals surface area (Å²) < 4.78 is 12.2. The van der Waals surface area contributed by atoms with Crippen molar-refractivity contribution in [3.8, 4) is 0 Å². The van der Waals surface area contributed by atoms with Crippen LogP contribution in [0.2, 0.25) is 0 Å². The second-order valence-electron chi connectivity index (χ2n) is 7.47. The molecule has 4 rings (SSSR count). The molecule has 0 aromatic heterocycles. The van der Waals surface area contributed by atoms with Crippen LogP contribution < -0.4 is 0 Å². The van der Waals surface area contributed by atoms with Gasteiger partial charge in [0.25, 0.3) is 0 Å². The van der Waals surface area contributed by atoms with Gasteiger partial charge in [-0.05, 0) is 17.7 Å². The van der Waals surface area contributed by atoms with Crippen molar-refractivity contribution < 1.29 is 14.3 Å². The van der Waals surface area contributed by atoms with Crippen molar-refractivity contribution in [3.05, 3.63) is 70.2 Å². The van der Waals surface area contributed by atoms with Crippen molar-refractivity contribution in [2.75, 3.05) is 52.6 Å². The summed E-state index contributed by atoms with van der Waals surface area (Å²) in [6, 6.07) is 17.9. The van der Waals surface area contributed by atoms with Crippen LogP contribution in [0, 0.1) is 0 Å². The van der Waals surface area contributed by atoms with Crippen molar-refractivity contribution in [2.45, 2.75) is 12.1 Å². The summed E-state index contributed by atoms with van der Waals surface area (Å²) in [5, 5.41) is 0. The number of morpholine rings is 2. The molecule has 2 atom stereocenters. The summed E-state index contributed by atoms with van der Waals surface area (Å²) >= 11 is 3.48. The minimum atomic E-state index is -0.263. The molecule has 2 fully saturated rings. The van der Waals surface area contributed by atoms with Gasteiger partial charge in [-0.3, -0.25) is 14.6 Å². The van der Waals surface area contributed by atoms with Crippen molar-refractivity contribution in [1.29, 1.82) is 0 Å². The Morgan fingerprint density at radius 2 is 1.34 bits per heavy atom. The fourth-order valence-electron chi connectivity index (χ4n) is 4.25. The molecular formula is C23H27BrN2O3. The molecule has 2 heterocycles. The topological polar surface area (TPSA) is 42.0 Å². The number of hydrogen-bond acceptors (Lipinski definition) is 5. The first-order valence-corrected chi connectivity index (χ1v) is 11.0. The number of benzene rings is 2. The average Bonchev–Trinajstić information content (AvgIpc) is 2.79. The Morgan fingerprint density at radius 1 is 0.793 bits per heavy atom. The van der Waals surface area contributed by atoms with Crippen LogP contribution in [0.15, 0.2) is 59.1 Å². The van der Waals surface area contributed by atoms with Crippen molar-refractivity contribution in [1.82, 2.24) is 9.80 Å². The predicted molar refractivity (Wildman–Crippen MR) is 116 cm³/mol. The zero-order valence-electron chi connectivity index (χ0n) is 16.5. The van der Waals surface area contributed by atoms with Crippen LogP contribution in [0.1, 0.15) is 22.0 Å². The molecule has 0 N–H and O–H groups in total. The van der Waals surface area contributed by atoms with Gasteiger partial charge >= 0.3 is 0 Å². The van der Waals surface area contributed by atoms with E-state index >= 15 is 0 Å². The molecule has 2 aromatic rings. The predicted octanol–water partition coefficient (Wildman–Crippen LogP) is 3.41. The number of carbonyl (C=O) groups excluding carboxylic acids is 1. The Morgan fingerprint density at radius 3 is 1.93 bits per heavy atom. The summed E-state index contributed by atoms with van der Waals surface area (Å²) in [6.45, 7) is 5.91. The molecule has 0 radical (unpaired) electrons. The molecule has 2 saturated heterocycles. The van der Waals surface area contributed by atoms with E-state index in [0.29, 0.717) is 26.4 Å². The highest BCUT2D eigenvalue weighted by atomic mass is 79.9. The first kappa shape index (κ1) is 20.7. The standard InChI is InChI=1S/C23H27BrN2O3/c24-20-8-6-19(7-9-20)23(27)22(26-12-16-29-17-13-26)21(18-4-2-1-3-5-18)25-10-14-28-15-11-25/h1-9,21-22H,10-17H2. The Labute approximate surface area is 180 Å². The smallest absolute Gasteiger partial charge is 0.181 e. The number of Topliss-reactive ketones (excluding diaryl/α,β-unsaturated/α-hetero) is 1. The van der Waals surface area contributed by atoms with E-state index in [0.717, 1.165) is 36.2 Å². The fraction of sp³-hybridized carbons (Fsp3) is 0.435. The quantitative estimate of drug-likeness (QED) is 0.620. The molecule has 0 bridgehead atoms. The number of hydrogen-bond donors (Lipinski definition) is 0. The van der Waals surface area contributed by atoms with Crippen LogP contribution in [-0.4, -0.2) is 74.2 Å². The zero-order chi connectivity index (χ0) is 20.1. The van der Waals surface area contributed by atoms with Crippen molar-refractivity contribution in [2.24, 2.45) is 0 Å². The van der Waals surface area contributed by atoms with Crippen LogP contribution in [0.5, 0.6) is 0 Å². The third-order valence-corrected chi connectivity index (χ3v) is 6.24. The van der Waals surface area contributed by atoms with E-state index in [9.17, 15) is 4.79 Å². The van der Waals surface area contributed by atoms with Crippen molar-refractivity contribution >= 4 is 21.7 Å². The Hall–Kier alpha value is -1.57. The van der Waals surface area contributed by atoms with Gasteiger partial charge in [0.2, 0.25) is 0 Å². The SMILES string of the molecule is O=C(c1ccc(Br)cc1)C(C(c1ccccc1)N1CCOCC1)N1CCOCC1. The van der Waals surface area contributed by atoms with Gasteiger partial charge in [-0.2, -0.15) is 0 Å². The van der Waals surface area contributed by atoms with Gasteiger partial charge in [0.1, 0.15) is 0 Å². The lowest BCUT2D eigenvalue weighted by atomic mass is 9.89. The maximum atomic E-state index is 13.9. The van der Waals surface area contributed by atoms with E-state index in [-0.39, 0.29) is 17.9 Å². The maximum Gasteiger partial charge on any atom is 0.181 e. The highest BCUT2D eigenvalue weighted by Crippen LogP contribution is 2.31. The monoisotopic (exact) mass is 458 g/mol. The maximum absolute atomic E-state index is 13.9. The molecule has 6 heteroatoms. The number of ketones is 1. The van der Waals surface area contributed by atoms with Gasteiger partial charge in [-0.25, -0.2) is 0 Å². The van der Waals surface area contributed by atoms with Gasteiger partial charge in [-0.15, -0.1) is 0 Å². The van der Waals surface area contributed by atoms with E-state index in [1.54, 1.807) is 0 Å². The molecule has 0 amide bonds. The van der Waals surface area contributed by atoms with E-state index in [2.05, 4.69) is 50.0 Å². The number of halogens is 1. The Kier molecular flexibility index (Phi) is 7.11. The number of ether oxygens (including phenoxy) is 2. The Balaban J connectivity index is 1.74. The van der Waals surface area contributed by atoms with E-state index in [4.69, 9.17) is 9.47 Å². The lowest BCUT2D eigenvalue weighted by Crippen LogP contribution is -2.55. The molecule has 154 valence electrons. The summed E-state index contributed by atoms with van der Waals surface area (Å²) in [4.78, 5) is 18.6. The number of nitrogens with zero attached hydrogens (tertiary/aromatic N) is 2. The number of carbonyl (C=O) groups is 1. The van der Waals surface area contributed by atoms with Crippen LogP contribution in [0.3, 0.4) is 0 Å². The molecule has 0 aliphatic carbocycles. The summed E-state index contributed by atoms with van der Waals surface area (Å²) in [7, 11) is 0. The second-order valence-corrected chi connectivity index (χ2v) is 8.38. The van der Waals surface area contributed by atoms with Gasteiger partial charge < -0.3 is 9.47 Å². The zero-order valence-corrected chi connectivity index (χ0v) is 18.1. The molecule has 29 heavy (non-hydrogen) atoms. The highest BCUT2D eigenvalue weighted by Gasteiger charge is 2.39. The largest absolute Gasteiger partial charge is 0.379 e. The van der Waals surface area contributed by atoms with E-state index in [1.165, 1.54) is 5.56 Å². The lowest BCUT2D eigenvalue weighted by molar-refractivity contribution is -0.0301. The minimum absolute atomic E-state index is 0.0191. The highest BCUT2D eigenvalue weighted by molar-refractivity contribution is 9.10. The number of rotatable bonds is 6. The van der Waals surface area contributed by atoms with Crippen LogP contribution >= 0.6 is 15.9 Å². The molecule has 2 unspecified atom stereocenters. The van der Waals surface area contributed by atoms with Gasteiger partial charge in [0.15, 0.2) is 5.78 Å². The molecule has 2 aliphatic heterocycles. The normalized spacial score (nSPS) is 20.9. The second kappa shape index (κ2) is 9.96. The van der Waals surface area contributed by atoms with Gasteiger partial charge in [-0.1, -0.05) is 58.4 Å². The minimum Gasteiger partial charge on any atom is -0.379 e. The molecule has 0 saturated carbocycles. The first-order valence-electron chi connectivity index (χ1n) is 10.2. The molecule has 0 spiro atoms. The Bertz CT molecular complexity index is 788. The lowest BCUT2D eigenvalue weighted by Gasteiger charge is -2.44. The molecular weight excluding hydrogens is 432 g/mol. The molecule has 5 nitrogen and oxygen atoms in total. The van der Waals surface area contributed by atoms with Crippen LogP contribution in [0.4, 0.5) is 0 Å². The molecule has 2 aliphatic rings. The van der Waals surface area contributed by atoms with Crippen LogP contribution in [0.25, 0.3) is 0 Å².